The lowest BCUT2D eigenvalue weighted by atomic mass is 9.78. The fraction of sp³-hybridized carbons (Fsp3) is 0.750. The van der Waals surface area contributed by atoms with Crippen molar-refractivity contribution < 1.29 is 0 Å². The Bertz CT molecular complexity index is 407. The van der Waals surface area contributed by atoms with Gasteiger partial charge in [0.25, 0.3) is 0 Å². The summed E-state index contributed by atoms with van der Waals surface area (Å²) in [5.74, 6) is 1.65. The molecule has 0 radical (unpaired) electrons. The van der Waals surface area contributed by atoms with E-state index in [2.05, 4.69) is 37.2 Å². The average Bonchev–Trinajstić information content (AvgIpc) is 2.78. The van der Waals surface area contributed by atoms with E-state index in [9.17, 15) is 0 Å². The van der Waals surface area contributed by atoms with Crippen LogP contribution in [-0.2, 0) is 6.54 Å². The minimum absolute atomic E-state index is 0.700. The van der Waals surface area contributed by atoms with Crippen LogP contribution in [0.5, 0.6) is 0 Å². The molecule has 3 atom stereocenters. The van der Waals surface area contributed by atoms with Gasteiger partial charge in [0, 0.05) is 24.0 Å². The Kier molecular flexibility index (Phi) is 6.34. The van der Waals surface area contributed by atoms with Crippen LogP contribution >= 0.6 is 22.9 Å². The van der Waals surface area contributed by atoms with Crippen molar-refractivity contribution in [3.8, 4) is 0 Å². The Morgan fingerprint density at radius 1 is 1.40 bits per heavy atom. The summed E-state index contributed by atoms with van der Waals surface area (Å²) in [5.41, 5.74) is 0. The van der Waals surface area contributed by atoms with E-state index < -0.39 is 0 Å². The number of hydrogen-bond donors (Lipinski definition) is 1. The molecule has 1 saturated carbocycles. The third kappa shape index (κ3) is 4.73. The maximum atomic E-state index is 6.01. The molecule has 0 aromatic carbocycles. The van der Waals surface area contributed by atoms with Gasteiger partial charge in [-0.1, -0.05) is 25.4 Å². The van der Waals surface area contributed by atoms with Crippen LogP contribution in [0.25, 0.3) is 0 Å². The molecule has 1 aromatic heterocycles. The molecule has 0 saturated heterocycles. The van der Waals surface area contributed by atoms with Gasteiger partial charge in [0.2, 0.25) is 0 Å². The van der Waals surface area contributed by atoms with E-state index >= 15 is 0 Å². The van der Waals surface area contributed by atoms with Crippen LogP contribution in [0.3, 0.4) is 0 Å². The minimum atomic E-state index is 0.700. The van der Waals surface area contributed by atoms with Crippen LogP contribution in [0.2, 0.25) is 4.34 Å². The van der Waals surface area contributed by atoms with Crippen molar-refractivity contribution in [2.24, 2.45) is 11.8 Å². The van der Waals surface area contributed by atoms with Crippen molar-refractivity contribution in [1.29, 1.82) is 0 Å². The molecule has 2 rings (SSSR count). The van der Waals surface area contributed by atoms with Gasteiger partial charge in [-0.2, -0.15) is 0 Å². The monoisotopic (exact) mass is 314 g/mol. The Labute approximate surface area is 132 Å². The Balaban J connectivity index is 1.88. The molecular formula is C16H27ClN2S. The number of nitrogens with one attached hydrogen (secondary N) is 1. The van der Waals surface area contributed by atoms with Gasteiger partial charge >= 0.3 is 0 Å². The summed E-state index contributed by atoms with van der Waals surface area (Å²) in [6.07, 6.45) is 4.06. The summed E-state index contributed by atoms with van der Waals surface area (Å²) in [5, 5.41) is 3.68. The fourth-order valence-electron chi connectivity index (χ4n) is 3.40. The highest BCUT2D eigenvalue weighted by Crippen LogP contribution is 2.30. The van der Waals surface area contributed by atoms with Crippen molar-refractivity contribution in [3.63, 3.8) is 0 Å². The van der Waals surface area contributed by atoms with E-state index in [0.717, 1.165) is 29.3 Å². The van der Waals surface area contributed by atoms with Crippen molar-refractivity contribution in [3.05, 3.63) is 21.3 Å². The first-order chi connectivity index (χ1) is 9.58. The maximum Gasteiger partial charge on any atom is 0.0931 e. The summed E-state index contributed by atoms with van der Waals surface area (Å²) >= 11 is 7.71. The molecule has 4 heteroatoms. The van der Waals surface area contributed by atoms with Gasteiger partial charge in [-0.15, -0.1) is 11.3 Å². The molecule has 1 aliphatic rings. The van der Waals surface area contributed by atoms with Gasteiger partial charge in [0.15, 0.2) is 0 Å². The first-order valence-corrected chi connectivity index (χ1v) is 8.94. The number of thiophene rings is 1. The van der Waals surface area contributed by atoms with Gasteiger partial charge in [-0.25, -0.2) is 0 Å². The van der Waals surface area contributed by atoms with Crippen LogP contribution in [0.1, 0.15) is 38.0 Å². The van der Waals surface area contributed by atoms with Crippen LogP contribution < -0.4 is 5.32 Å². The zero-order chi connectivity index (χ0) is 14.5. The zero-order valence-electron chi connectivity index (χ0n) is 12.9. The normalized spacial score (nSPS) is 27.1. The Hall–Kier alpha value is -0.0900. The number of nitrogens with zero attached hydrogens (tertiary/aromatic N) is 1. The molecule has 1 heterocycles. The number of rotatable bonds is 6. The summed E-state index contributed by atoms with van der Waals surface area (Å²) in [4.78, 5) is 3.82. The van der Waals surface area contributed by atoms with Crippen molar-refractivity contribution in [2.45, 2.75) is 45.7 Å². The van der Waals surface area contributed by atoms with Crippen molar-refractivity contribution in [1.82, 2.24) is 10.2 Å². The zero-order valence-corrected chi connectivity index (χ0v) is 14.4. The Morgan fingerprint density at radius 2 is 2.20 bits per heavy atom. The van der Waals surface area contributed by atoms with Crippen molar-refractivity contribution in [2.75, 3.05) is 20.1 Å². The van der Waals surface area contributed by atoms with E-state index in [4.69, 9.17) is 11.6 Å². The average molecular weight is 315 g/mol. The van der Waals surface area contributed by atoms with E-state index in [1.165, 1.54) is 30.7 Å². The smallest absolute Gasteiger partial charge is 0.0931 e. The first kappa shape index (κ1) is 16.3. The number of halogens is 1. The maximum absolute atomic E-state index is 6.01. The van der Waals surface area contributed by atoms with Gasteiger partial charge < -0.3 is 10.2 Å². The van der Waals surface area contributed by atoms with Crippen LogP contribution in [0.15, 0.2) is 12.1 Å². The molecule has 1 aliphatic carbocycles. The fourth-order valence-corrected chi connectivity index (χ4v) is 4.57. The molecule has 0 spiro atoms. The quantitative estimate of drug-likeness (QED) is 0.844. The molecule has 1 aromatic rings. The lowest BCUT2D eigenvalue weighted by Gasteiger charge is -2.37. The second-order valence-corrected chi connectivity index (χ2v) is 8.04. The third-order valence-corrected chi connectivity index (χ3v) is 5.53. The summed E-state index contributed by atoms with van der Waals surface area (Å²) < 4.78 is 0.894. The van der Waals surface area contributed by atoms with E-state index in [1.807, 2.05) is 6.07 Å². The van der Waals surface area contributed by atoms with Gasteiger partial charge in [0.1, 0.15) is 0 Å². The minimum Gasteiger partial charge on any atom is -0.314 e. The molecule has 0 aliphatic heterocycles. The molecule has 114 valence electrons. The standard InChI is InChI=1S/C16H27ClN2S/c1-4-18-15-7-5-12(2)9-13(15)10-19(3)11-14-6-8-16(17)20-14/h6,8,12-13,15,18H,4-5,7,9-11H2,1-3H3. The van der Waals surface area contributed by atoms with E-state index in [0.29, 0.717) is 6.04 Å². The first-order valence-electron chi connectivity index (χ1n) is 7.74. The van der Waals surface area contributed by atoms with Crippen molar-refractivity contribution >= 4 is 22.9 Å². The second-order valence-electron chi connectivity index (χ2n) is 6.25. The summed E-state index contributed by atoms with van der Waals surface area (Å²) in [7, 11) is 2.23. The second kappa shape index (κ2) is 7.79. The highest BCUT2D eigenvalue weighted by atomic mass is 35.5. The Morgan fingerprint density at radius 3 is 2.85 bits per heavy atom. The molecule has 2 nitrogen and oxygen atoms in total. The van der Waals surface area contributed by atoms with Gasteiger partial charge in [-0.05, 0) is 56.8 Å². The molecule has 20 heavy (non-hydrogen) atoms. The highest BCUT2D eigenvalue weighted by Gasteiger charge is 2.28. The van der Waals surface area contributed by atoms with E-state index in [1.54, 1.807) is 11.3 Å². The molecule has 3 unspecified atom stereocenters. The van der Waals surface area contributed by atoms with Crippen LogP contribution in [-0.4, -0.2) is 31.1 Å². The molecular weight excluding hydrogens is 288 g/mol. The lowest BCUT2D eigenvalue weighted by Crippen LogP contribution is -2.44. The van der Waals surface area contributed by atoms with Crippen LogP contribution in [0.4, 0.5) is 0 Å². The van der Waals surface area contributed by atoms with Gasteiger partial charge in [0.05, 0.1) is 4.34 Å². The van der Waals surface area contributed by atoms with Crippen LogP contribution in [0, 0.1) is 11.8 Å². The number of hydrogen-bond acceptors (Lipinski definition) is 3. The highest BCUT2D eigenvalue weighted by molar-refractivity contribution is 7.16. The molecule has 1 N–H and O–H groups in total. The molecule has 0 amide bonds. The third-order valence-electron chi connectivity index (χ3n) is 4.31. The predicted molar refractivity (Wildman–Crippen MR) is 89.6 cm³/mol. The summed E-state index contributed by atoms with van der Waals surface area (Å²) in [6, 6.07) is 4.85. The van der Waals surface area contributed by atoms with Gasteiger partial charge in [-0.3, -0.25) is 0 Å². The molecule has 1 fully saturated rings. The largest absolute Gasteiger partial charge is 0.314 e. The summed E-state index contributed by atoms with van der Waals surface area (Å²) in [6.45, 7) is 7.89. The van der Waals surface area contributed by atoms with E-state index in [-0.39, 0.29) is 0 Å². The lowest BCUT2D eigenvalue weighted by molar-refractivity contribution is 0.159. The SMILES string of the molecule is CCNC1CCC(C)CC1CN(C)Cc1ccc(Cl)s1. The predicted octanol–water partition coefficient (Wildman–Crippen LogP) is 4.25. The molecule has 0 bridgehead atoms. The topological polar surface area (TPSA) is 15.3 Å².